The molecule has 0 atom stereocenters. The molecule has 0 spiro atoms. The highest BCUT2D eigenvalue weighted by Crippen LogP contribution is 2.18. The summed E-state index contributed by atoms with van der Waals surface area (Å²) < 4.78 is 0. The zero-order chi connectivity index (χ0) is 12.8. The van der Waals surface area contributed by atoms with Crippen LogP contribution in [-0.2, 0) is 6.54 Å². The van der Waals surface area contributed by atoms with Gasteiger partial charge in [0.25, 0.3) is 0 Å². The van der Waals surface area contributed by atoms with Crippen molar-refractivity contribution in [2.24, 2.45) is 0 Å². The molecule has 2 rings (SSSR count). The highest BCUT2D eigenvalue weighted by molar-refractivity contribution is 5.53. The first-order valence-corrected chi connectivity index (χ1v) is 5.90. The standard InChI is InChI=1S/C14H17N3O/c15-13-8-14(10-16-9-13)17(6-7-18)11-12-4-2-1-3-5-12/h1-5,8-10,18H,6-7,11,15H2. The van der Waals surface area contributed by atoms with E-state index in [0.717, 1.165) is 12.2 Å². The zero-order valence-electron chi connectivity index (χ0n) is 10.2. The minimum atomic E-state index is 0.0988. The predicted octanol–water partition coefficient (Wildman–Crippen LogP) is 1.66. The van der Waals surface area contributed by atoms with E-state index in [-0.39, 0.29) is 6.61 Å². The van der Waals surface area contributed by atoms with Gasteiger partial charge in [-0.1, -0.05) is 30.3 Å². The number of benzene rings is 1. The molecule has 2 aromatic rings. The van der Waals surface area contributed by atoms with Crippen molar-refractivity contribution in [2.75, 3.05) is 23.8 Å². The number of rotatable bonds is 5. The van der Waals surface area contributed by atoms with Crippen LogP contribution in [-0.4, -0.2) is 23.2 Å². The molecule has 0 aliphatic carbocycles. The summed E-state index contributed by atoms with van der Waals surface area (Å²) in [7, 11) is 0. The molecule has 3 N–H and O–H groups in total. The van der Waals surface area contributed by atoms with Gasteiger partial charge in [-0.05, 0) is 11.6 Å². The van der Waals surface area contributed by atoms with Crippen LogP contribution in [0.1, 0.15) is 5.56 Å². The fourth-order valence-electron chi connectivity index (χ4n) is 1.84. The topological polar surface area (TPSA) is 62.4 Å². The van der Waals surface area contributed by atoms with Crippen molar-refractivity contribution in [1.82, 2.24) is 4.98 Å². The Labute approximate surface area is 107 Å². The molecule has 4 nitrogen and oxygen atoms in total. The summed E-state index contributed by atoms with van der Waals surface area (Å²) in [5.74, 6) is 0. The second-order valence-corrected chi connectivity index (χ2v) is 4.11. The van der Waals surface area contributed by atoms with E-state index in [1.807, 2.05) is 24.3 Å². The van der Waals surface area contributed by atoms with E-state index < -0.39 is 0 Å². The molecule has 0 unspecified atom stereocenters. The number of aliphatic hydroxyl groups excluding tert-OH is 1. The Bertz CT molecular complexity index is 487. The van der Waals surface area contributed by atoms with Crippen molar-refractivity contribution >= 4 is 11.4 Å². The summed E-state index contributed by atoms with van der Waals surface area (Å²) in [6, 6.07) is 12.0. The van der Waals surface area contributed by atoms with E-state index in [1.54, 1.807) is 12.4 Å². The van der Waals surface area contributed by atoms with Crippen molar-refractivity contribution in [1.29, 1.82) is 0 Å². The molecule has 4 heteroatoms. The number of pyridine rings is 1. The first-order valence-electron chi connectivity index (χ1n) is 5.90. The normalized spacial score (nSPS) is 10.3. The average molecular weight is 243 g/mol. The van der Waals surface area contributed by atoms with Gasteiger partial charge in [-0.15, -0.1) is 0 Å². The fourth-order valence-corrected chi connectivity index (χ4v) is 1.84. The van der Waals surface area contributed by atoms with Crippen LogP contribution < -0.4 is 10.6 Å². The number of hydrogen-bond donors (Lipinski definition) is 2. The molecule has 0 radical (unpaired) electrons. The van der Waals surface area contributed by atoms with Crippen LogP contribution in [0, 0.1) is 0 Å². The minimum Gasteiger partial charge on any atom is -0.397 e. The maximum atomic E-state index is 9.15. The molecule has 0 amide bonds. The number of nitrogen functional groups attached to an aromatic ring is 1. The van der Waals surface area contributed by atoms with Crippen LogP contribution >= 0.6 is 0 Å². The van der Waals surface area contributed by atoms with E-state index in [2.05, 4.69) is 22.0 Å². The van der Waals surface area contributed by atoms with E-state index in [9.17, 15) is 0 Å². The van der Waals surface area contributed by atoms with Gasteiger partial charge in [0.2, 0.25) is 0 Å². The van der Waals surface area contributed by atoms with Gasteiger partial charge in [0.15, 0.2) is 0 Å². The van der Waals surface area contributed by atoms with Gasteiger partial charge in [0.1, 0.15) is 0 Å². The number of nitrogens with two attached hydrogens (primary N) is 1. The molecular weight excluding hydrogens is 226 g/mol. The van der Waals surface area contributed by atoms with Crippen molar-refractivity contribution in [2.45, 2.75) is 6.54 Å². The number of nitrogens with zero attached hydrogens (tertiary/aromatic N) is 2. The molecule has 0 bridgehead atoms. The second kappa shape index (κ2) is 6.02. The summed E-state index contributed by atoms with van der Waals surface area (Å²) in [6.45, 7) is 1.38. The van der Waals surface area contributed by atoms with Gasteiger partial charge in [-0.2, -0.15) is 0 Å². The maximum absolute atomic E-state index is 9.15. The lowest BCUT2D eigenvalue weighted by Crippen LogP contribution is -2.26. The highest BCUT2D eigenvalue weighted by atomic mass is 16.3. The molecule has 1 aromatic carbocycles. The zero-order valence-corrected chi connectivity index (χ0v) is 10.2. The molecule has 0 aliphatic heterocycles. The van der Waals surface area contributed by atoms with E-state index >= 15 is 0 Å². The Morgan fingerprint density at radius 3 is 2.61 bits per heavy atom. The number of aliphatic hydroxyl groups is 1. The smallest absolute Gasteiger partial charge is 0.0606 e. The molecule has 0 saturated carbocycles. The van der Waals surface area contributed by atoms with E-state index in [1.165, 1.54) is 5.56 Å². The quantitative estimate of drug-likeness (QED) is 0.838. The third-order valence-electron chi connectivity index (χ3n) is 2.70. The second-order valence-electron chi connectivity index (χ2n) is 4.11. The first-order chi connectivity index (χ1) is 8.79. The van der Waals surface area contributed by atoms with E-state index in [4.69, 9.17) is 10.8 Å². The Hall–Kier alpha value is -2.07. The van der Waals surface area contributed by atoms with Crippen LogP contribution in [0.3, 0.4) is 0 Å². The number of hydrogen-bond acceptors (Lipinski definition) is 4. The summed E-state index contributed by atoms with van der Waals surface area (Å²) in [5, 5.41) is 9.15. The minimum absolute atomic E-state index is 0.0988. The lowest BCUT2D eigenvalue weighted by atomic mass is 10.2. The Balaban J connectivity index is 2.18. The van der Waals surface area contributed by atoms with Gasteiger partial charge >= 0.3 is 0 Å². The highest BCUT2D eigenvalue weighted by Gasteiger charge is 2.07. The van der Waals surface area contributed by atoms with Crippen molar-refractivity contribution in [3.63, 3.8) is 0 Å². The van der Waals surface area contributed by atoms with Crippen LogP contribution in [0.25, 0.3) is 0 Å². The van der Waals surface area contributed by atoms with Crippen molar-refractivity contribution < 1.29 is 5.11 Å². The van der Waals surface area contributed by atoms with Crippen molar-refractivity contribution in [3.05, 3.63) is 54.4 Å². The van der Waals surface area contributed by atoms with Gasteiger partial charge in [0, 0.05) is 19.3 Å². The molecule has 1 aromatic heterocycles. The Kier molecular flexibility index (Phi) is 4.15. The fraction of sp³-hybridized carbons (Fsp3) is 0.214. The molecule has 0 saturated heterocycles. The Morgan fingerprint density at radius 2 is 1.94 bits per heavy atom. The van der Waals surface area contributed by atoms with Crippen LogP contribution in [0.4, 0.5) is 11.4 Å². The van der Waals surface area contributed by atoms with Gasteiger partial charge in [-0.25, -0.2) is 0 Å². The number of aromatic nitrogens is 1. The number of anilines is 2. The summed E-state index contributed by atoms with van der Waals surface area (Å²) >= 11 is 0. The summed E-state index contributed by atoms with van der Waals surface area (Å²) in [4.78, 5) is 6.13. The lowest BCUT2D eigenvalue weighted by molar-refractivity contribution is 0.301. The van der Waals surface area contributed by atoms with Gasteiger partial charge in [0.05, 0.1) is 24.2 Å². The Morgan fingerprint density at radius 1 is 1.17 bits per heavy atom. The summed E-state index contributed by atoms with van der Waals surface area (Å²) in [6.07, 6.45) is 3.37. The SMILES string of the molecule is Nc1cncc(N(CCO)Cc2ccccc2)c1. The van der Waals surface area contributed by atoms with Crippen LogP contribution in [0.5, 0.6) is 0 Å². The molecule has 1 heterocycles. The lowest BCUT2D eigenvalue weighted by Gasteiger charge is -2.23. The van der Waals surface area contributed by atoms with E-state index in [0.29, 0.717) is 12.2 Å². The monoisotopic (exact) mass is 243 g/mol. The molecule has 0 aliphatic rings. The van der Waals surface area contributed by atoms with Crippen molar-refractivity contribution in [3.8, 4) is 0 Å². The molecular formula is C14H17N3O. The van der Waals surface area contributed by atoms with Gasteiger partial charge < -0.3 is 15.7 Å². The average Bonchev–Trinajstić information content (AvgIpc) is 2.39. The van der Waals surface area contributed by atoms with Gasteiger partial charge in [-0.3, -0.25) is 4.98 Å². The van der Waals surface area contributed by atoms with Crippen LogP contribution in [0.2, 0.25) is 0 Å². The first kappa shape index (κ1) is 12.4. The maximum Gasteiger partial charge on any atom is 0.0606 e. The molecule has 94 valence electrons. The molecule has 0 fully saturated rings. The predicted molar refractivity (Wildman–Crippen MR) is 73.2 cm³/mol. The largest absolute Gasteiger partial charge is 0.397 e. The third kappa shape index (κ3) is 3.21. The summed E-state index contributed by atoms with van der Waals surface area (Å²) in [5.41, 5.74) is 8.47. The molecule has 18 heavy (non-hydrogen) atoms. The van der Waals surface area contributed by atoms with Crippen LogP contribution in [0.15, 0.2) is 48.8 Å². The third-order valence-corrected chi connectivity index (χ3v) is 2.70.